The number of benzene rings is 1. The molecule has 0 aliphatic rings. The molecule has 1 aromatic heterocycles. The van der Waals surface area contributed by atoms with Gasteiger partial charge >= 0.3 is 5.97 Å². The van der Waals surface area contributed by atoms with E-state index in [1.165, 1.54) is 7.11 Å². The molecule has 0 unspecified atom stereocenters. The molecule has 0 aliphatic heterocycles. The Labute approximate surface area is 133 Å². The van der Waals surface area contributed by atoms with Crippen LogP contribution in [0.4, 0.5) is 0 Å². The first-order valence-electron chi connectivity index (χ1n) is 7.01. The first-order valence-corrected chi connectivity index (χ1v) is 7.01. The van der Waals surface area contributed by atoms with Crippen molar-refractivity contribution < 1.29 is 23.6 Å². The molecule has 0 aliphatic carbocycles. The van der Waals surface area contributed by atoms with Crippen molar-refractivity contribution >= 4 is 11.9 Å². The molecule has 0 bridgehead atoms. The average molecular weight is 318 g/mol. The minimum Gasteiger partial charge on any atom is -0.489 e. The molecule has 0 saturated heterocycles. The lowest BCUT2D eigenvalue weighted by Crippen LogP contribution is -2.30. The maximum atomic E-state index is 11.8. The van der Waals surface area contributed by atoms with E-state index in [4.69, 9.17) is 9.26 Å². The third-order valence-electron chi connectivity index (χ3n) is 3.30. The molecular formula is C16H18N2O5. The van der Waals surface area contributed by atoms with Crippen molar-refractivity contribution in [3.63, 3.8) is 0 Å². The van der Waals surface area contributed by atoms with Gasteiger partial charge in [0.2, 0.25) is 0 Å². The first kappa shape index (κ1) is 16.5. The van der Waals surface area contributed by atoms with Gasteiger partial charge in [0.25, 0.3) is 5.91 Å². The Morgan fingerprint density at radius 3 is 2.48 bits per heavy atom. The van der Waals surface area contributed by atoms with Gasteiger partial charge in [-0.05, 0) is 38.1 Å². The Balaban J connectivity index is 1.91. The number of carbonyl (C=O) groups is 2. The first-order chi connectivity index (χ1) is 11.0. The Kier molecular flexibility index (Phi) is 5.35. The third kappa shape index (κ3) is 4.32. The van der Waals surface area contributed by atoms with E-state index in [1.807, 2.05) is 13.8 Å². The Morgan fingerprint density at radius 1 is 1.22 bits per heavy atom. The SMILES string of the molecule is COC(=O)CNC(=O)c1ccc(OCc2c(C)noc2C)cc1. The molecule has 2 rings (SSSR count). The molecule has 0 atom stereocenters. The highest BCUT2D eigenvalue weighted by molar-refractivity contribution is 5.95. The number of nitrogens with zero attached hydrogens (tertiary/aromatic N) is 1. The number of rotatable bonds is 6. The van der Waals surface area contributed by atoms with Crippen LogP contribution in [-0.4, -0.2) is 30.7 Å². The number of ether oxygens (including phenoxy) is 2. The normalized spacial score (nSPS) is 10.2. The zero-order chi connectivity index (χ0) is 16.8. The Hall–Kier alpha value is -2.83. The smallest absolute Gasteiger partial charge is 0.325 e. The number of aromatic nitrogens is 1. The summed E-state index contributed by atoms with van der Waals surface area (Å²) < 4.78 is 15.2. The molecule has 0 radical (unpaired) electrons. The van der Waals surface area contributed by atoms with E-state index < -0.39 is 5.97 Å². The number of esters is 1. The van der Waals surface area contributed by atoms with Crippen molar-refractivity contribution in [2.45, 2.75) is 20.5 Å². The molecule has 1 N–H and O–H groups in total. The largest absolute Gasteiger partial charge is 0.489 e. The average Bonchev–Trinajstić information content (AvgIpc) is 2.89. The van der Waals surface area contributed by atoms with E-state index in [0.717, 1.165) is 17.0 Å². The van der Waals surface area contributed by atoms with Crippen LogP contribution in [0.25, 0.3) is 0 Å². The molecule has 0 fully saturated rings. The molecule has 1 amide bonds. The Morgan fingerprint density at radius 2 is 1.91 bits per heavy atom. The number of amides is 1. The van der Waals surface area contributed by atoms with Gasteiger partial charge in [-0.2, -0.15) is 0 Å². The van der Waals surface area contributed by atoms with E-state index in [9.17, 15) is 9.59 Å². The van der Waals surface area contributed by atoms with E-state index in [2.05, 4.69) is 15.2 Å². The third-order valence-corrected chi connectivity index (χ3v) is 3.30. The summed E-state index contributed by atoms with van der Waals surface area (Å²) in [5.74, 6) is 0.487. The zero-order valence-corrected chi connectivity index (χ0v) is 13.2. The van der Waals surface area contributed by atoms with Crippen molar-refractivity contribution in [2.24, 2.45) is 0 Å². The van der Waals surface area contributed by atoms with Gasteiger partial charge in [-0.1, -0.05) is 5.16 Å². The summed E-state index contributed by atoms with van der Waals surface area (Å²) in [5, 5.41) is 6.33. The number of hydrogen-bond donors (Lipinski definition) is 1. The van der Waals surface area contributed by atoms with Crippen LogP contribution < -0.4 is 10.1 Å². The predicted molar refractivity (Wildman–Crippen MR) is 81.1 cm³/mol. The van der Waals surface area contributed by atoms with Crippen LogP contribution in [0.1, 0.15) is 27.4 Å². The molecule has 23 heavy (non-hydrogen) atoms. The molecule has 0 spiro atoms. The summed E-state index contributed by atoms with van der Waals surface area (Å²) in [6.07, 6.45) is 0. The highest BCUT2D eigenvalue weighted by Gasteiger charge is 2.11. The second-order valence-electron chi connectivity index (χ2n) is 4.87. The fourth-order valence-electron chi connectivity index (χ4n) is 1.89. The highest BCUT2D eigenvalue weighted by Crippen LogP contribution is 2.17. The van der Waals surface area contributed by atoms with E-state index in [0.29, 0.717) is 17.9 Å². The second kappa shape index (κ2) is 7.44. The van der Waals surface area contributed by atoms with E-state index in [1.54, 1.807) is 24.3 Å². The van der Waals surface area contributed by atoms with Gasteiger partial charge in [-0.25, -0.2) is 0 Å². The summed E-state index contributed by atoms with van der Waals surface area (Å²) in [7, 11) is 1.26. The quantitative estimate of drug-likeness (QED) is 0.816. The van der Waals surface area contributed by atoms with Crippen LogP contribution in [0.2, 0.25) is 0 Å². The lowest BCUT2D eigenvalue weighted by atomic mass is 10.2. The summed E-state index contributed by atoms with van der Waals surface area (Å²) in [4.78, 5) is 22.8. The molecule has 2 aromatic rings. The van der Waals surface area contributed by atoms with Crippen LogP contribution in [0.15, 0.2) is 28.8 Å². The maximum absolute atomic E-state index is 11.8. The van der Waals surface area contributed by atoms with E-state index >= 15 is 0 Å². The van der Waals surface area contributed by atoms with E-state index in [-0.39, 0.29) is 12.5 Å². The van der Waals surface area contributed by atoms with Gasteiger partial charge < -0.3 is 19.3 Å². The van der Waals surface area contributed by atoms with Gasteiger partial charge in [0.05, 0.1) is 18.4 Å². The topological polar surface area (TPSA) is 90.7 Å². The van der Waals surface area contributed by atoms with Gasteiger partial charge in [-0.3, -0.25) is 9.59 Å². The summed E-state index contributed by atoms with van der Waals surface area (Å²) in [6, 6.07) is 6.61. The number of carbonyl (C=O) groups excluding carboxylic acids is 2. The van der Waals surface area contributed by atoms with Crippen LogP contribution >= 0.6 is 0 Å². The molecule has 7 heteroatoms. The molecule has 7 nitrogen and oxygen atoms in total. The summed E-state index contributed by atoms with van der Waals surface area (Å²) >= 11 is 0. The Bertz CT molecular complexity index is 671. The lowest BCUT2D eigenvalue weighted by molar-refractivity contribution is -0.139. The fourth-order valence-corrected chi connectivity index (χ4v) is 1.89. The number of nitrogens with one attached hydrogen (secondary N) is 1. The number of hydrogen-bond acceptors (Lipinski definition) is 6. The van der Waals surface area contributed by atoms with Crippen molar-refractivity contribution in [2.75, 3.05) is 13.7 Å². The van der Waals surface area contributed by atoms with Crippen molar-refractivity contribution in [3.05, 3.63) is 46.8 Å². The summed E-state index contributed by atoms with van der Waals surface area (Å²) in [6.45, 7) is 3.85. The van der Waals surface area contributed by atoms with Crippen molar-refractivity contribution in [1.29, 1.82) is 0 Å². The molecule has 122 valence electrons. The minimum absolute atomic E-state index is 0.167. The monoisotopic (exact) mass is 318 g/mol. The molecular weight excluding hydrogens is 300 g/mol. The van der Waals surface area contributed by atoms with Gasteiger partial charge in [0.1, 0.15) is 24.7 Å². The number of aryl methyl sites for hydroxylation is 2. The van der Waals surface area contributed by atoms with Crippen LogP contribution in [0.3, 0.4) is 0 Å². The standard InChI is InChI=1S/C16H18N2O5/c1-10-14(11(2)23-18-10)9-22-13-6-4-12(5-7-13)16(20)17-8-15(19)21-3/h4-7H,8-9H2,1-3H3,(H,17,20). The zero-order valence-electron chi connectivity index (χ0n) is 13.2. The minimum atomic E-state index is -0.502. The molecule has 0 saturated carbocycles. The van der Waals surface area contributed by atoms with Crippen LogP contribution in [-0.2, 0) is 16.1 Å². The highest BCUT2D eigenvalue weighted by atomic mass is 16.5. The van der Waals surface area contributed by atoms with Crippen LogP contribution in [0, 0.1) is 13.8 Å². The van der Waals surface area contributed by atoms with Crippen molar-refractivity contribution in [1.82, 2.24) is 10.5 Å². The maximum Gasteiger partial charge on any atom is 0.325 e. The number of methoxy groups -OCH3 is 1. The van der Waals surface area contributed by atoms with Gasteiger partial charge in [-0.15, -0.1) is 0 Å². The molecule has 1 aromatic carbocycles. The van der Waals surface area contributed by atoms with Gasteiger partial charge in [0, 0.05) is 5.56 Å². The van der Waals surface area contributed by atoms with Crippen molar-refractivity contribution in [3.8, 4) is 5.75 Å². The fraction of sp³-hybridized carbons (Fsp3) is 0.312. The second-order valence-corrected chi connectivity index (χ2v) is 4.87. The summed E-state index contributed by atoms with van der Waals surface area (Å²) in [5.41, 5.74) is 2.13. The predicted octanol–water partition coefficient (Wildman–Crippen LogP) is 1.77. The van der Waals surface area contributed by atoms with Gasteiger partial charge in [0.15, 0.2) is 0 Å². The molecule has 1 heterocycles. The lowest BCUT2D eigenvalue weighted by Gasteiger charge is -2.07. The van der Waals surface area contributed by atoms with Crippen LogP contribution in [0.5, 0.6) is 5.75 Å².